The lowest BCUT2D eigenvalue weighted by atomic mass is 9.88. The Bertz CT molecular complexity index is 492. The van der Waals surface area contributed by atoms with Gasteiger partial charge in [-0.3, -0.25) is 4.79 Å². The fourth-order valence-corrected chi connectivity index (χ4v) is 4.08. The van der Waals surface area contributed by atoms with Crippen molar-refractivity contribution in [2.24, 2.45) is 11.7 Å². The maximum absolute atomic E-state index is 11.4. The van der Waals surface area contributed by atoms with E-state index in [-0.39, 0.29) is 11.8 Å². The summed E-state index contributed by atoms with van der Waals surface area (Å²) < 4.78 is 0. The topological polar surface area (TPSA) is 46.3 Å². The molecule has 3 atom stereocenters. The molecule has 0 aliphatic heterocycles. The lowest BCUT2D eigenvalue weighted by Crippen LogP contribution is -2.44. The third-order valence-corrected chi connectivity index (χ3v) is 5.30. The van der Waals surface area contributed by atoms with Crippen molar-refractivity contribution in [1.82, 2.24) is 4.90 Å². The van der Waals surface area contributed by atoms with Crippen LogP contribution in [0.4, 0.5) is 0 Å². The Balaban J connectivity index is 1.79. The molecule has 3 nitrogen and oxygen atoms in total. The molecule has 0 radical (unpaired) electrons. The van der Waals surface area contributed by atoms with Gasteiger partial charge in [-0.15, -0.1) is 0 Å². The van der Waals surface area contributed by atoms with Crippen LogP contribution in [-0.2, 0) is 4.79 Å². The minimum Gasteiger partial charge on any atom is -0.369 e. The lowest BCUT2D eigenvalue weighted by Gasteiger charge is -2.43. The van der Waals surface area contributed by atoms with E-state index >= 15 is 0 Å². The van der Waals surface area contributed by atoms with Crippen molar-refractivity contribution in [3.63, 3.8) is 0 Å². The highest BCUT2D eigenvalue weighted by Crippen LogP contribution is 2.33. The predicted octanol–water partition coefficient (Wildman–Crippen LogP) is 3.68. The van der Waals surface area contributed by atoms with Crippen LogP contribution in [0.15, 0.2) is 36.1 Å². The number of nitrogens with two attached hydrogens (primary N) is 1. The third kappa shape index (κ3) is 3.45. The monoisotopic (exact) mass is 300 g/mol. The highest BCUT2D eigenvalue weighted by Gasteiger charge is 2.30. The van der Waals surface area contributed by atoms with Gasteiger partial charge < -0.3 is 10.6 Å². The van der Waals surface area contributed by atoms with Gasteiger partial charge in [-0.25, -0.2) is 0 Å². The maximum Gasteiger partial charge on any atom is 0.224 e. The van der Waals surface area contributed by atoms with Gasteiger partial charge in [0.05, 0.1) is 5.92 Å². The summed E-state index contributed by atoms with van der Waals surface area (Å²) in [4.78, 5) is 14.0. The molecule has 0 spiro atoms. The van der Waals surface area contributed by atoms with Crippen LogP contribution >= 0.6 is 0 Å². The normalized spacial score (nSPS) is 31.6. The quantitative estimate of drug-likeness (QED) is 0.805. The highest BCUT2D eigenvalue weighted by molar-refractivity contribution is 5.78. The van der Waals surface area contributed by atoms with Crippen molar-refractivity contribution < 1.29 is 4.79 Å². The molecule has 120 valence electrons. The van der Waals surface area contributed by atoms with Crippen LogP contribution in [0.1, 0.15) is 57.8 Å². The predicted molar refractivity (Wildman–Crippen MR) is 90.0 cm³/mol. The van der Waals surface area contributed by atoms with E-state index in [2.05, 4.69) is 29.2 Å². The van der Waals surface area contributed by atoms with E-state index in [1.54, 1.807) is 5.70 Å². The zero-order chi connectivity index (χ0) is 15.4. The summed E-state index contributed by atoms with van der Waals surface area (Å²) in [5, 5.41) is 0. The van der Waals surface area contributed by atoms with Gasteiger partial charge in [0.25, 0.3) is 0 Å². The first-order valence-corrected chi connectivity index (χ1v) is 8.85. The number of hydrogen-bond acceptors (Lipinski definition) is 2. The first kappa shape index (κ1) is 15.4. The van der Waals surface area contributed by atoms with Crippen molar-refractivity contribution >= 4 is 5.91 Å². The Kier molecular flexibility index (Phi) is 5.01. The molecule has 0 aromatic carbocycles. The minimum absolute atomic E-state index is 0.0651. The van der Waals surface area contributed by atoms with Gasteiger partial charge in [-0.05, 0) is 57.8 Å². The van der Waals surface area contributed by atoms with Gasteiger partial charge in [0.1, 0.15) is 0 Å². The van der Waals surface area contributed by atoms with Gasteiger partial charge in [0.2, 0.25) is 5.91 Å². The van der Waals surface area contributed by atoms with Gasteiger partial charge in [-0.2, -0.15) is 0 Å². The van der Waals surface area contributed by atoms with E-state index in [9.17, 15) is 4.79 Å². The smallest absolute Gasteiger partial charge is 0.224 e. The Morgan fingerprint density at radius 2 is 2.00 bits per heavy atom. The van der Waals surface area contributed by atoms with Crippen LogP contribution in [0.3, 0.4) is 0 Å². The number of amides is 1. The Morgan fingerprint density at radius 1 is 1.09 bits per heavy atom. The highest BCUT2D eigenvalue weighted by atomic mass is 16.1. The molecule has 3 heteroatoms. The number of hydrogen-bond donors (Lipinski definition) is 1. The average Bonchev–Trinajstić information content (AvgIpc) is 2.57. The minimum atomic E-state index is -0.182. The summed E-state index contributed by atoms with van der Waals surface area (Å²) >= 11 is 0. The maximum atomic E-state index is 11.4. The number of carbonyl (C=O) groups excluding carboxylic acids is 1. The number of allylic oxidation sites excluding steroid dienone is 3. The van der Waals surface area contributed by atoms with Gasteiger partial charge in [-0.1, -0.05) is 30.4 Å². The van der Waals surface area contributed by atoms with Crippen LogP contribution < -0.4 is 5.73 Å². The van der Waals surface area contributed by atoms with Crippen LogP contribution in [0, 0.1) is 5.92 Å². The summed E-state index contributed by atoms with van der Waals surface area (Å²) in [6.45, 7) is 0. The van der Waals surface area contributed by atoms with Crippen LogP contribution in [0.25, 0.3) is 0 Å². The van der Waals surface area contributed by atoms with Crippen molar-refractivity contribution in [3.05, 3.63) is 36.1 Å². The lowest BCUT2D eigenvalue weighted by molar-refractivity contribution is -0.120. The standard InChI is InChI=1S/C19H28N2O/c20-19(22)15-11-13-18(14-12-15)21(16-7-3-1-4-8-16)17-9-5-2-6-10-17/h1,3,9,11,13,15-16,18H,2,4-8,10,12,14H2,(H2,20,22). The van der Waals surface area contributed by atoms with Gasteiger partial charge in [0.15, 0.2) is 0 Å². The van der Waals surface area contributed by atoms with E-state index in [0.29, 0.717) is 12.1 Å². The van der Waals surface area contributed by atoms with Crippen LogP contribution in [0.5, 0.6) is 0 Å². The zero-order valence-corrected chi connectivity index (χ0v) is 13.4. The molecule has 0 aromatic heterocycles. The summed E-state index contributed by atoms with van der Waals surface area (Å²) in [6, 6.07) is 1.06. The fraction of sp³-hybridized carbons (Fsp3) is 0.632. The Hall–Kier alpha value is -1.51. The molecule has 3 unspecified atom stereocenters. The molecule has 3 rings (SSSR count). The molecular weight excluding hydrogens is 272 g/mol. The third-order valence-electron chi connectivity index (χ3n) is 5.30. The van der Waals surface area contributed by atoms with Crippen LogP contribution in [0.2, 0.25) is 0 Å². The van der Waals surface area contributed by atoms with Crippen molar-refractivity contribution in [3.8, 4) is 0 Å². The van der Waals surface area contributed by atoms with Gasteiger partial charge >= 0.3 is 0 Å². The Labute approximate surface area is 133 Å². The molecule has 0 heterocycles. The molecular formula is C19H28N2O. The molecule has 22 heavy (non-hydrogen) atoms. The van der Waals surface area contributed by atoms with Gasteiger partial charge in [0, 0.05) is 17.8 Å². The molecule has 0 bridgehead atoms. The number of nitrogens with zero attached hydrogens (tertiary/aromatic N) is 1. The van der Waals surface area contributed by atoms with Crippen molar-refractivity contribution in [1.29, 1.82) is 0 Å². The summed E-state index contributed by atoms with van der Waals surface area (Å²) in [5.41, 5.74) is 6.99. The van der Waals surface area contributed by atoms with E-state index < -0.39 is 0 Å². The van der Waals surface area contributed by atoms with E-state index in [4.69, 9.17) is 5.73 Å². The van der Waals surface area contributed by atoms with E-state index in [0.717, 1.165) is 19.3 Å². The molecule has 2 N–H and O–H groups in total. The van der Waals surface area contributed by atoms with Crippen LogP contribution in [-0.4, -0.2) is 22.9 Å². The number of primary amides is 1. The SMILES string of the molecule is NC(=O)C1C=CC(N(C2=CCCCC2)C2CC=CCC2)CC1. The molecule has 0 saturated heterocycles. The number of carbonyl (C=O) groups is 1. The van der Waals surface area contributed by atoms with Crippen molar-refractivity contribution in [2.75, 3.05) is 0 Å². The second kappa shape index (κ2) is 7.17. The molecule has 0 aromatic rings. The molecule has 3 aliphatic rings. The summed E-state index contributed by atoms with van der Waals surface area (Å²) in [6.07, 6.45) is 22.0. The molecule has 1 amide bonds. The summed E-state index contributed by atoms with van der Waals surface area (Å²) in [5.74, 6) is -0.247. The molecule has 0 saturated carbocycles. The second-order valence-corrected chi connectivity index (χ2v) is 6.83. The fourth-order valence-electron chi connectivity index (χ4n) is 4.08. The second-order valence-electron chi connectivity index (χ2n) is 6.83. The zero-order valence-electron chi connectivity index (χ0n) is 13.4. The number of rotatable bonds is 4. The largest absolute Gasteiger partial charge is 0.369 e. The Morgan fingerprint density at radius 3 is 2.59 bits per heavy atom. The first-order chi connectivity index (χ1) is 10.8. The van der Waals surface area contributed by atoms with E-state index in [1.807, 2.05) is 6.08 Å². The average molecular weight is 300 g/mol. The molecule has 3 aliphatic carbocycles. The van der Waals surface area contributed by atoms with Crippen molar-refractivity contribution in [2.45, 2.75) is 69.9 Å². The first-order valence-electron chi connectivity index (χ1n) is 8.85. The van der Waals surface area contributed by atoms with E-state index in [1.165, 1.54) is 38.5 Å². The molecule has 0 fully saturated rings. The summed E-state index contributed by atoms with van der Waals surface area (Å²) in [7, 11) is 0.